The van der Waals surface area contributed by atoms with Gasteiger partial charge in [0.1, 0.15) is 11.4 Å². The van der Waals surface area contributed by atoms with Gasteiger partial charge in [-0.3, -0.25) is 4.57 Å². The normalized spacial score (nSPS) is 30.2. The molecule has 1 saturated heterocycles. The number of alkyl halides is 2. The van der Waals surface area contributed by atoms with Crippen LogP contribution in [0.3, 0.4) is 0 Å². The van der Waals surface area contributed by atoms with E-state index in [1.54, 1.807) is 18.2 Å². The summed E-state index contributed by atoms with van der Waals surface area (Å²) in [7, 11) is 0. The van der Waals surface area contributed by atoms with Crippen molar-refractivity contribution in [2.24, 2.45) is 0 Å². The molecule has 3 rings (SSSR count). The lowest BCUT2D eigenvalue weighted by molar-refractivity contribution is -0.198. The highest BCUT2D eigenvalue weighted by Crippen LogP contribution is 2.46. The van der Waals surface area contributed by atoms with Crippen molar-refractivity contribution in [2.75, 3.05) is 12.3 Å². The standard InChI is InChI=1S/C17H17F2N3O5/c1-16(25)13(18)17(19,9-26-12(23)10-5-3-2-4-6-10)27-14(16)22-8-7-11(20)21-15(22)24/h2-8,13-14,25H,9H2,1H3,(H2,20,21,24)/t13-,14+,16+,17+/m0/s1. The fourth-order valence-corrected chi connectivity index (χ4v) is 2.80. The summed E-state index contributed by atoms with van der Waals surface area (Å²) in [5.74, 6) is -4.16. The highest BCUT2D eigenvalue weighted by Gasteiger charge is 2.65. The van der Waals surface area contributed by atoms with Crippen LogP contribution in [0.2, 0.25) is 0 Å². The van der Waals surface area contributed by atoms with Crippen LogP contribution >= 0.6 is 0 Å². The molecule has 27 heavy (non-hydrogen) atoms. The topological polar surface area (TPSA) is 117 Å². The van der Waals surface area contributed by atoms with Crippen LogP contribution in [0.4, 0.5) is 14.6 Å². The van der Waals surface area contributed by atoms with E-state index in [0.717, 1.165) is 13.1 Å². The summed E-state index contributed by atoms with van der Waals surface area (Å²) in [6.07, 6.45) is -3.25. The summed E-state index contributed by atoms with van der Waals surface area (Å²) < 4.78 is 40.2. The molecule has 0 aliphatic carbocycles. The highest BCUT2D eigenvalue weighted by molar-refractivity contribution is 5.89. The van der Waals surface area contributed by atoms with E-state index in [9.17, 15) is 19.1 Å². The second-order valence-corrected chi connectivity index (χ2v) is 6.33. The summed E-state index contributed by atoms with van der Waals surface area (Å²) in [5, 5.41) is 10.4. The van der Waals surface area contributed by atoms with Crippen LogP contribution in [0.25, 0.3) is 0 Å². The number of nitrogens with two attached hydrogens (primary N) is 1. The Morgan fingerprint density at radius 1 is 1.41 bits per heavy atom. The number of esters is 1. The average molecular weight is 381 g/mol. The number of aromatic nitrogens is 2. The van der Waals surface area contributed by atoms with E-state index in [1.807, 2.05) is 0 Å². The molecule has 4 atom stereocenters. The summed E-state index contributed by atoms with van der Waals surface area (Å²) in [4.78, 5) is 27.3. The molecular formula is C17H17F2N3O5. The van der Waals surface area contributed by atoms with Crippen LogP contribution in [0.5, 0.6) is 0 Å². The smallest absolute Gasteiger partial charge is 0.351 e. The summed E-state index contributed by atoms with van der Waals surface area (Å²) in [5.41, 5.74) is 2.12. The molecule has 0 amide bonds. The molecule has 10 heteroatoms. The van der Waals surface area contributed by atoms with Crippen molar-refractivity contribution in [3.8, 4) is 0 Å². The average Bonchev–Trinajstić information content (AvgIpc) is 2.81. The van der Waals surface area contributed by atoms with E-state index in [-0.39, 0.29) is 11.4 Å². The number of benzene rings is 1. The van der Waals surface area contributed by atoms with Crippen molar-refractivity contribution in [1.82, 2.24) is 9.55 Å². The largest absolute Gasteiger partial charge is 0.456 e. The third kappa shape index (κ3) is 3.40. The number of nitrogens with zero attached hydrogens (tertiary/aromatic N) is 2. The first-order valence-corrected chi connectivity index (χ1v) is 7.95. The third-order valence-electron chi connectivity index (χ3n) is 4.21. The van der Waals surface area contributed by atoms with Gasteiger partial charge in [0.25, 0.3) is 5.85 Å². The summed E-state index contributed by atoms with van der Waals surface area (Å²) >= 11 is 0. The number of carbonyl (C=O) groups is 1. The van der Waals surface area contributed by atoms with Gasteiger partial charge in [0, 0.05) is 6.20 Å². The Bertz CT molecular complexity index is 905. The minimum Gasteiger partial charge on any atom is -0.456 e. The lowest BCUT2D eigenvalue weighted by Gasteiger charge is -2.26. The number of nitrogen functional groups attached to an aromatic ring is 1. The second-order valence-electron chi connectivity index (χ2n) is 6.33. The van der Waals surface area contributed by atoms with Gasteiger partial charge in [-0.1, -0.05) is 18.2 Å². The van der Waals surface area contributed by atoms with Gasteiger partial charge in [-0.15, -0.1) is 0 Å². The molecule has 0 radical (unpaired) electrons. The van der Waals surface area contributed by atoms with Crippen molar-refractivity contribution in [3.05, 3.63) is 58.6 Å². The van der Waals surface area contributed by atoms with Gasteiger partial charge in [-0.2, -0.15) is 4.98 Å². The van der Waals surface area contributed by atoms with E-state index in [1.165, 1.54) is 18.2 Å². The first-order valence-electron chi connectivity index (χ1n) is 7.95. The fraction of sp³-hybridized carbons (Fsp3) is 0.353. The van der Waals surface area contributed by atoms with Crippen LogP contribution in [-0.2, 0) is 9.47 Å². The third-order valence-corrected chi connectivity index (χ3v) is 4.21. The predicted molar refractivity (Wildman–Crippen MR) is 89.1 cm³/mol. The molecule has 2 aromatic rings. The molecule has 0 spiro atoms. The Morgan fingerprint density at radius 3 is 2.70 bits per heavy atom. The van der Waals surface area contributed by atoms with E-state index in [2.05, 4.69) is 4.98 Å². The SMILES string of the molecule is C[C@]1(O)[C@H](n2ccc(N)nc2=O)O[C@](F)(COC(=O)c2ccccc2)[C@H]1F. The minimum absolute atomic E-state index is 0.103. The van der Waals surface area contributed by atoms with Gasteiger partial charge in [0.05, 0.1) is 5.56 Å². The molecule has 1 fully saturated rings. The number of rotatable bonds is 4. The van der Waals surface area contributed by atoms with Crippen molar-refractivity contribution in [2.45, 2.75) is 30.8 Å². The predicted octanol–water partition coefficient (Wildman–Crippen LogP) is 0.966. The number of ether oxygens (including phenoxy) is 2. The minimum atomic E-state index is -3.17. The maximum Gasteiger partial charge on any atom is 0.351 e. The van der Waals surface area contributed by atoms with E-state index in [0.29, 0.717) is 4.57 Å². The molecule has 0 bridgehead atoms. The van der Waals surface area contributed by atoms with Crippen molar-refractivity contribution < 1.29 is 28.2 Å². The Labute approximate surface area is 152 Å². The number of hydrogen-bond acceptors (Lipinski definition) is 7. The van der Waals surface area contributed by atoms with Crippen LogP contribution in [0, 0.1) is 0 Å². The maximum atomic E-state index is 15.0. The molecule has 0 saturated carbocycles. The molecular weight excluding hydrogens is 364 g/mol. The zero-order valence-electron chi connectivity index (χ0n) is 14.2. The summed E-state index contributed by atoms with van der Waals surface area (Å²) in [6.45, 7) is -0.156. The Morgan fingerprint density at radius 2 is 2.07 bits per heavy atom. The molecule has 1 aliphatic heterocycles. The van der Waals surface area contributed by atoms with Crippen LogP contribution < -0.4 is 11.4 Å². The number of halogens is 2. The van der Waals surface area contributed by atoms with Gasteiger partial charge >= 0.3 is 11.7 Å². The molecule has 2 heterocycles. The van der Waals surface area contributed by atoms with Gasteiger partial charge < -0.3 is 20.3 Å². The lowest BCUT2D eigenvalue weighted by Crippen LogP contribution is -2.47. The van der Waals surface area contributed by atoms with E-state index in [4.69, 9.17) is 15.2 Å². The van der Waals surface area contributed by atoms with Crippen molar-refractivity contribution in [3.63, 3.8) is 0 Å². The molecule has 3 N–H and O–H groups in total. The Hall–Kier alpha value is -2.85. The number of hydrogen-bond donors (Lipinski definition) is 2. The van der Waals surface area contributed by atoms with Gasteiger partial charge in [0.15, 0.2) is 19.0 Å². The fourth-order valence-electron chi connectivity index (χ4n) is 2.80. The number of carbonyl (C=O) groups excluding carboxylic acids is 1. The first kappa shape index (κ1) is 18.9. The van der Waals surface area contributed by atoms with Crippen LogP contribution in [0.15, 0.2) is 47.4 Å². The highest BCUT2D eigenvalue weighted by atomic mass is 19.2. The molecule has 8 nitrogen and oxygen atoms in total. The molecule has 0 unspecified atom stereocenters. The van der Waals surface area contributed by atoms with Gasteiger partial charge in [0.2, 0.25) is 0 Å². The van der Waals surface area contributed by atoms with E-state index < -0.39 is 42.1 Å². The zero-order valence-corrected chi connectivity index (χ0v) is 14.2. The summed E-state index contributed by atoms with van der Waals surface area (Å²) in [6, 6.07) is 8.91. The number of aliphatic hydroxyl groups is 1. The second kappa shape index (κ2) is 6.71. The Balaban J connectivity index is 1.82. The zero-order chi connectivity index (χ0) is 19.8. The van der Waals surface area contributed by atoms with Crippen LogP contribution in [-0.4, -0.2) is 44.9 Å². The van der Waals surface area contributed by atoms with E-state index >= 15 is 4.39 Å². The molecule has 144 valence electrons. The van der Waals surface area contributed by atoms with Crippen LogP contribution in [0.1, 0.15) is 23.5 Å². The molecule has 1 aromatic heterocycles. The van der Waals surface area contributed by atoms with Crippen molar-refractivity contribution in [1.29, 1.82) is 0 Å². The number of anilines is 1. The maximum absolute atomic E-state index is 15.0. The van der Waals surface area contributed by atoms with Gasteiger partial charge in [-0.25, -0.2) is 18.4 Å². The van der Waals surface area contributed by atoms with Crippen molar-refractivity contribution >= 4 is 11.8 Å². The molecule has 1 aromatic carbocycles. The quantitative estimate of drug-likeness (QED) is 0.758. The first-order chi connectivity index (χ1) is 12.6. The monoisotopic (exact) mass is 381 g/mol. The Kier molecular flexibility index (Phi) is 4.70. The van der Waals surface area contributed by atoms with Gasteiger partial charge in [-0.05, 0) is 25.1 Å². The lowest BCUT2D eigenvalue weighted by atomic mass is 9.96. The molecule has 1 aliphatic rings.